The van der Waals surface area contributed by atoms with Crippen LogP contribution >= 0.6 is 27.5 Å². The van der Waals surface area contributed by atoms with Gasteiger partial charge in [0.15, 0.2) is 0 Å². The third-order valence-electron chi connectivity index (χ3n) is 3.74. The molecule has 2 rings (SSSR count). The predicted molar refractivity (Wildman–Crippen MR) is 78.4 cm³/mol. The van der Waals surface area contributed by atoms with Crippen molar-refractivity contribution in [1.82, 2.24) is 5.32 Å². The number of hydrogen-bond acceptors (Lipinski definition) is 1. The highest BCUT2D eigenvalue weighted by Gasteiger charge is 2.33. The van der Waals surface area contributed by atoms with Gasteiger partial charge in [-0.25, -0.2) is 4.39 Å². The molecule has 0 bridgehead atoms. The Labute approximate surface area is 125 Å². The fourth-order valence-corrected chi connectivity index (χ4v) is 3.45. The number of rotatable bonds is 4. The van der Waals surface area contributed by atoms with E-state index in [0.29, 0.717) is 11.6 Å². The number of amides is 1. The Morgan fingerprint density at radius 3 is 2.74 bits per heavy atom. The normalized spacial score (nSPS) is 17.4. The molecule has 1 aromatic carbocycles. The fourth-order valence-electron chi connectivity index (χ4n) is 2.52. The second-order valence-electron chi connectivity index (χ2n) is 5.15. The minimum Gasteiger partial charge on any atom is -0.351 e. The van der Waals surface area contributed by atoms with Gasteiger partial charge < -0.3 is 5.32 Å². The lowest BCUT2D eigenvalue weighted by Crippen LogP contribution is -2.37. The van der Waals surface area contributed by atoms with Gasteiger partial charge in [-0.15, -0.1) is 0 Å². The number of nitrogens with one attached hydrogen (secondary N) is 1. The molecular formula is C14H16BrClFNO. The van der Waals surface area contributed by atoms with E-state index in [1.54, 1.807) is 0 Å². The Hall–Kier alpha value is -0.610. The van der Waals surface area contributed by atoms with Crippen LogP contribution in [0.2, 0.25) is 5.02 Å². The average Bonchev–Trinajstić information content (AvgIpc) is 2.88. The second kappa shape index (κ2) is 6.23. The maximum Gasteiger partial charge on any atom is 0.254 e. The Balaban J connectivity index is 2.03. The standard InChI is InChI=1S/C14H16BrClFNO/c15-8-14(5-1-2-6-14)9-18-13(19)11-7-10(16)3-4-12(11)17/h3-4,7H,1-2,5-6,8-9H2,(H,18,19). The number of hydrogen-bond donors (Lipinski definition) is 1. The summed E-state index contributed by atoms with van der Waals surface area (Å²) >= 11 is 9.31. The molecule has 1 saturated carbocycles. The summed E-state index contributed by atoms with van der Waals surface area (Å²) in [7, 11) is 0. The van der Waals surface area contributed by atoms with Crippen molar-refractivity contribution in [2.24, 2.45) is 5.41 Å². The molecule has 0 unspecified atom stereocenters. The van der Waals surface area contributed by atoms with Crippen molar-refractivity contribution in [3.05, 3.63) is 34.6 Å². The summed E-state index contributed by atoms with van der Waals surface area (Å²) in [5, 5.41) is 4.06. The van der Waals surface area contributed by atoms with Gasteiger partial charge in [0, 0.05) is 16.9 Å². The molecule has 1 aliphatic rings. The topological polar surface area (TPSA) is 29.1 Å². The van der Waals surface area contributed by atoms with E-state index in [4.69, 9.17) is 11.6 Å². The van der Waals surface area contributed by atoms with E-state index in [1.165, 1.54) is 31.0 Å². The zero-order valence-electron chi connectivity index (χ0n) is 10.5. The number of alkyl halides is 1. The van der Waals surface area contributed by atoms with Crippen LogP contribution in [0.5, 0.6) is 0 Å². The molecule has 1 aromatic rings. The summed E-state index contributed by atoms with van der Waals surface area (Å²) in [5.74, 6) is -0.937. The van der Waals surface area contributed by atoms with Crippen molar-refractivity contribution in [3.8, 4) is 0 Å². The SMILES string of the molecule is O=C(NCC1(CBr)CCCC1)c1cc(Cl)ccc1F. The lowest BCUT2D eigenvalue weighted by atomic mass is 9.89. The van der Waals surface area contributed by atoms with Crippen LogP contribution in [0.3, 0.4) is 0 Å². The second-order valence-corrected chi connectivity index (χ2v) is 6.14. The molecule has 5 heteroatoms. The van der Waals surface area contributed by atoms with Gasteiger partial charge in [0.2, 0.25) is 0 Å². The van der Waals surface area contributed by atoms with Gasteiger partial charge in [-0.3, -0.25) is 4.79 Å². The summed E-state index contributed by atoms with van der Waals surface area (Å²) in [6, 6.07) is 4.01. The Morgan fingerprint density at radius 1 is 1.42 bits per heavy atom. The zero-order valence-corrected chi connectivity index (χ0v) is 12.9. The molecule has 0 aromatic heterocycles. The summed E-state index contributed by atoms with van der Waals surface area (Å²) < 4.78 is 13.6. The van der Waals surface area contributed by atoms with E-state index in [9.17, 15) is 9.18 Å². The van der Waals surface area contributed by atoms with Crippen molar-refractivity contribution in [2.75, 3.05) is 11.9 Å². The summed E-state index contributed by atoms with van der Waals surface area (Å²) in [6.45, 7) is 0.572. The Morgan fingerprint density at radius 2 is 2.11 bits per heavy atom. The Kier molecular flexibility index (Phi) is 4.85. The lowest BCUT2D eigenvalue weighted by molar-refractivity contribution is 0.0931. The summed E-state index contributed by atoms with van der Waals surface area (Å²) in [4.78, 5) is 12.0. The Bertz CT molecular complexity index is 475. The molecule has 0 atom stereocenters. The number of carbonyl (C=O) groups excluding carboxylic acids is 1. The summed E-state index contributed by atoms with van der Waals surface area (Å²) in [6.07, 6.45) is 4.56. The van der Waals surface area contributed by atoms with Gasteiger partial charge in [0.05, 0.1) is 5.56 Å². The van der Waals surface area contributed by atoms with Gasteiger partial charge in [-0.05, 0) is 36.5 Å². The predicted octanol–water partition coefficient (Wildman–Crippen LogP) is 4.16. The minimum atomic E-state index is -0.541. The molecular weight excluding hydrogens is 333 g/mol. The molecule has 1 N–H and O–H groups in total. The van der Waals surface area contributed by atoms with Crippen LogP contribution in [0.25, 0.3) is 0 Å². The van der Waals surface area contributed by atoms with Crippen LogP contribution < -0.4 is 5.32 Å². The third kappa shape index (κ3) is 3.48. The highest BCUT2D eigenvalue weighted by atomic mass is 79.9. The first-order valence-corrected chi connectivity index (χ1v) is 7.85. The zero-order chi connectivity index (χ0) is 13.9. The average molecular weight is 349 g/mol. The van der Waals surface area contributed by atoms with Crippen molar-refractivity contribution >= 4 is 33.4 Å². The van der Waals surface area contributed by atoms with E-state index in [2.05, 4.69) is 21.2 Å². The largest absolute Gasteiger partial charge is 0.351 e. The van der Waals surface area contributed by atoms with Crippen molar-refractivity contribution in [1.29, 1.82) is 0 Å². The van der Waals surface area contributed by atoms with Gasteiger partial charge in [0.25, 0.3) is 5.91 Å². The van der Waals surface area contributed by atoms with E-state index < -0.39 is 11.7 Å². The van der Waals surface area contributed by atoms with Gasteiger partial charge in [-0.2, -0.15) is 0 Å². The van der Waals surface area contributed by atoms with Crippen molar-refractivity contribution in [2.45, 2.75) is 25.7 Å². The molecule has 0 saturated heterocycles. The monoisotopic (exact) mass is 347 g/mol. The van der Waals surface area contributed by atoms with Gasteiger partial charge in [-0.1, -0.05) is 40.4 Å². The first kappa shape index (κ1) is 14.8. The van der Waals surface area contributed by atoms with Crippen molar-refractivity contribution < 1.29 is 9.18 Å². The minimum absolute atomic E-state index is 0.00946. The summed E-state index contributed by atoms with van der Waals surface area (Å²) in [5.41, 5.74) is 0.125. The quantitative estimate of drug-likeness (QED) is 0.813. The molecule has 104 valence electrons. The van der Waals surface area contributed by atoms with Crippen LogP contribution in [-0.4, -0.2) is 17.8 Å². The van der Waals surface area contributed by atoms with Crippen LogP contribution in [0.1, 0.15) is 36.0 Å². The molecule has 0 spiro atoms. The van der Waals surface area contributed by atoms with Gasteiger partial charge >= 0.3 is 0 Å². The highest BCUT2D eigenvalue weighted by molar-refractivity contribution is 9.09. The van der Waals surface area contributed by atoms with Crippen LogP contribution in [0.4, 0.5) is 4.39 Å². The smallest absolute Gasteiger partial charge is 0.254 e. The molecule has 19 heavy (non-hydrogen) atoms. The maximum absolute atomic E-state index is 13.6. The first-order valence-electron chi connectivity index (χ1n) is 6.36. The van der Waals surface area contributed by atoms with E-state index >= 15 is 0 Å². The molecule has 1 fully saturated rings. The number of halogens is 3. The first-order chi connectivity index (χ1) is 9.06. The van der Waals surface area contributed by atoms with Gasteiger partial charge in [0.1, 0.15) is 5.82 Å². The molecule has 0 aliphatic heterocycles. The van der Waals surface area contributed by atoms with E-state index in [0.717, 1.165) is 18.2 Å². The molecule has 2 nitrogen and oxygen atoms in total. The molecule has 0 heterocycles. The number of benzene rings is 1. The van der Waals surface area contributed by atoms with E-state index in [1.807, 2.05) is 0 Å². The van der Waals surface area contributed by atoms with Crippen LogP contribution in [-0.2, 0) is 0 Å². The maximum atomic E-state index is 13.6. The lowest BCUT2D eigenvalue weighted by Gasteiger charge is -2.26. The fraction of sp³-hybridized carbons (Fsp3) is 0.500. The highest BCUT2D eigenvalue weighted by Crippen LogP contribution is 2.39. The molecule has 1 amide bonds. The van der Waals surface area contributed by atoms with E-state index in [-0.39, 0.29) is 11.0 Å². The molecule has 0 radical (unpaired) electrons. The molecule has 1 aliphatic carbocycles. The third-order valence-corrected chi connectivity index (χ3v) is 5.17. The van der Waals surface area contributed by atoms with Crippen LogP contribution in [0.15, 0.2) is 18.2 Å². The number of carbonyl (C=O) groups is 1. The van der Waals surface area contributed by atoms with Crippen LogP contribution in [0, 0.1) is 11.2 Å². The van der Waals surface area contributed by atoms with Crippen molar-refractivity contribution in [3.63, 3.8) is 0 Å².